The summed E-state index contributed by atoms with van der Waals surface area (Å²) in [6.07, 6.45) is 2.16. The zero-order valence-electron chi connectivity index (χ0n) is 18.6. The van der Waals surface area contributed by atoms with Crippen molar-refractivity contribution in [2.75, 3.05) is 20.8 Å². The molecule has 10 heteroatoms. The molecule has 0 fully saturated rings. The minimum atomic E-state index is -0.178. The molecule has 4 aromatic rings. The molecule has 9 nitrogen and oxygen atoms in total. The molecule has 0 saturated heterocycles. The maximum absolute atomic E-state index is 6.26. The summed E-state index contributed by atoms with van der Waals surface area (Å²) in [7, 11) is 3.29. The van der Waals surface area contributed by atoms with Gasteiger partial charge in [0.25, 0.3) is 0 Å². The number of halogens is 1. The van der Waals surface area contributed by atoms with E-state index in [-0.39, 0.29) is 6.10 Å². The van der Waals surface area contributed by atoms with Crippen molar-refractivity contribution in [2.45, 2.75) is 19.1 Å². The number of rotatable bonds is 5. The average molecular weight is 477 g/mol. The number of aromatic nitrogens is 5. The molecule has 2 aliphatic rings. The summed E-state index contributed by atoms with van der Waals surface area (Å²) in [6, 6.07) is 13.5. The van der Waals surface area contributed by atoms with Crippen molar-refractivity contribution in [3.05, 3.63) is 82.2 Å². The first-order valence-corrected chi connectivity index (χ1v) is 11.2. The maximum Gasteiger partial charge on any atom is 0.238 e. The standard InChI is InChI=1S/C24H21ClN6O3/c1-32-12-17-19-10-21-23(24-26-11-22(34-24)14-3-5-15(25)6-4-14)27-13-30(21)18-8-7-16(33-2)9-20(18)31(19)29-28-17/h3-9,13,22H,10-12H2,1-2H3/t22-/m1/s1. The van der Waals surface area contributed by atoms with Crippen molar-refractivity contribution in [1.29, 1.82) is 0 Å². The minimum absolute atomic E-state index is 0.178. The van der Waals surface area contributed by atoms with Crippen LogP contribution in [0, 0.1) is 0 Å². The highest BCUT2D eigenvalue weighted by Gasteiger charge is 2.31. The van der Waals surface area contributed by atoms with Gasteiger partial charge >= 0.3 is 0 Å². The normalized spacial score (nSPS) is 16.2. The highest BCUT2D eigenvalue weighted by Crippen LogP contribution is 2.34. The molecule has 2 aromatic heterocycles. The molecule has 1 atom stereocenters. The molecule has 4 heterocycles. The van der Waals surface area contributed by atoms with Crippen molar-refractivity contribution in [3.63, 3.8) is 0 Å². The van der Waals surface area contributed by atoms with E-state index in [1.165, 1.54) is 0 Å². The van der Waals surface area contributed by atoms with E-state index >= 15 is 0 Å². The number of fused-ring (bicyclic) bond motifs is 5. The topological polar surface area (TPSA) is 88.6 Å². The zero-order valence-corrected chi connectivity index (χ0v) is 19.4. The first kappa shape index (κ1) is 20.9. The summed E-state index contributed by atoms with van der Waals surface area (Å²) < 4.78 is 21.0. The lowest BCUT2D eigenvalue weighted by Crippen LogP contribution is -2.11. The molecule has 0 unspecified atom stereocenters. The molecule has 34 heavy (non-hydrogen) atoms. The van der Waals surface area contributed by atoms with E-state index in [4.69, 9.17) is 30.8 Å². The van der Waals surface area contributed by atoms with Gasteiger partial charge in [0.2, 0.25) is 5.90 Å². The van der Waals surface area contributed by atoms with Gasteiger partial charge in [-0.15, -0.1) is 5.10 Å². The molecule has 0 saturated carbocycles. The predicted molar refractivity (Wildman–Crippen MR) is 125 cm³/mol. The molecule has 0 aliphatic carbocycles. The smallest absolute Gasteiger partial charge is 0.238 e. The second kappa shape index (κ2) is 8.27. The van der Waals surface area contributed by atoms with Crippen LogP contribution in [0.3, 0.4) is 0 Å². The van der Waals surface area contributed by atoms with E-state index < -0.39 is 0 Å². The highest BCUT2D eigenvalue weighted by atomic mass is 35.5. The van der Waals surface area contributed by atoms with Crippen molar-refractivity contribution < 1.29 is 14.2 Å². The second-order valence-corrected chi connectivity index (χ2v) is 8.51. The predicted octanol–water partition coefficient (Wildman–Crippen LogP) is 3.68. The van der Waals surface area contributed by atoms with Gasteiger partial charge < -0.3 is 14.2 Å². The molecule has 0 amide bonds. The summed E-state index contributed by atoms with van der Waals surface area (Å²) in [4.78, 5) is 9.40. The molecule has 6 rings (SSSR count). The Balaban J connectivity index is 1.43. The fraction of sp³-hybridized carbons (Fsp3) is 0.250. The minimum Gasteiger partial charge on any atom is -0.497 e. The molecule has 0 radical (unpaired) electrons. The Morgan fingerprint density at radius 2 is 1.94 bits per heavy atom. The number of methoxy groups -OCH3 is 2. The second-order valence-electron chi connectivity index (χ2n) is 8.07. The van der Waals surface area contributed by atoms with Crippen LogP contribution in [0.5, 0.6) is 5.75 Å². The first-order chi connectivity index (χ1) is 16.7. The van der Waals surface area contributed by atoms with Crippen molar-refractivity contribution in [2.24, 2.45) is 4.99 Å². The Morgan fingerprint density at radius 3 is 2.74 bits per heavy atom. The van der Waals surface area contributed by atoms with Crippen molar-refractivity contribution in [3.8, 4) is 17.1 Å². The van der Waals surface area contributed by atoms with Crippen LogP contribution in [-0.4, -0.2) is 51.2 Å². The van der Waals surface area contributed by atoms with E-state index in [0.29, 0.717) is 36.2 Å². The Bertz CT molecular complexity index is 1410. The lowest BCUT2D eigenvalue weighted by atomic mass is 10.1. The lowest BCUT2D eigenvalue weighted by molar-refractivity contribution is 0.180. The molecule has 172 valence electrons. The molecule has 2 aromatic carbocycles. The van der Waals surface area contributed by atoms with Gasteiger partial charge in [-0.2, -0.15) is 0 Å². The number of hydrogen-bond donors (Lipinski definition) is 0. The molecular weight excluding hydrogens is 456 g/mol. The van der Waals surface area contributed by atoms with Gasteiger partial charge in [0.05, 0.1) is 43.0 Å². The highest BCUT2D eigenvalue weighted by molar-refractivity contribution is 6.30. The third kappa shape index (κ3) is 3.36. The Labute approximate surface area is 200 Å². The van der Waals surface area contributed by atoms with Crippen LogP contribution < -0.4 is 4.74 Å². The number of aliphatic imine (C=N–C) groups is 1. The molecular formula is C24H21ClN6O3. The Morgan fingerprint density at radius 1 is 1.09 bits per heavy atom. The van der Waals surface area contributed by atoms with Crippen LogP contribution in [0.25, 0.3) is 11.4 Å². The summed E-state index contributed by atoms with van der Waals surface area (Å²) in [5, 5.41) is 9.49. The molecule has 0 spiro atoms. The number of nitrogens with zero attached hydrogens (tertiary/aromatic N) is 6. The number of benzene rings is 2. The van der Waals surface area contributed by atoms with Crippen molar-refractivity contribution >= 4 is 17.5 Å². The SMILES string of the molecule is COCc1nnn2c1Cc1c(C3=NC[C@H](c4ccc(Cl)cc4)O3)ncn1-c1ccc(OC)cc1-2. The third-order valence-electron chi connectivity index (χ3n) is 6.10. The van der Waals surface area contributed by atoms with E-state index in [9.17, 15) is 0 Å². The maximum atomic E-state index is 6.26. The van der Waals surface area contributed by atoms with Crippen molar-refractivity contribution in [1.82, 2.24) is 24.5 Å². The number of ether oxygens (including phenoxy) is 3. The fourth-order valence-electron chi connectivity index (χ4n) is 4.40. The Hall–Kier alpha value is -3.69. The van der Waals surface area contributed by atoms with Gasteiger partial charge in [0, 0.05) is 24.6 Å². The van der Waals surface area contributed by atoms with Gasteiger partial charge in [-0.25, -0.2) is 14.7 Å². The van der Waals surface area contributed by atoms with Crippen LogP contribution >= 0.6 is 11.6 Å². The van der Waals surface area contributed by atoms with Crippen LogP contribution in [0.1, 0.15) is 34.4 Å². The summed E-state index contributed by atoms with van der Waals surface area (Å²) in [5.74, 6) is 1.25. The van der Waals surface area contributed by atoms with E-state index in [1.54, 1.807) is 20.5 Å². The largest absolute Gasteiger partial charge is 0.497 e. The van der Waals surface area contributed by atoms with Crippen LogP contribution in [0.2, 0.25) is 5.02 Å². The van der Waals surface area contributed by atoms with E-state index in [0.717, 1.165) is 39.8 Å². The third-order valence-corrected chi connectivity index (χ3v) is 6.35. The lowest BCUT2D eigenvalue weighted by Gasteiger charge is -2.12. The van der Waals surface area contributed by atoms with Gasteiger partial charge in [0.1, 0.15) is 29.6 Å². The van der Waals surface area contributed by atoms with Gasteiger partial charge in [-0.05, 0) is 29.8 Å². The van der Waals surface area contributed by atoms with Gasteiger partial charge in [-0.3, -0.25) is 4.57 Å². The van der Waals surface area contributed by atoms with Gasteiger partial charge in [0.15, 0.2) is 0 Å². The fourth-order valence-corrected chi connectivity index (χ4v) is 4.53. The number of hydrogen-bond acceptors (Lipinski definition) is 7. The summed E-state index contributed by atoms with van der Waals surface area (Å²) in [6.45, 7) is 0.875. The number of imidazole rings is 1. The van der Waals surface area contributed by atoms with E-state index in [2.05, 4.69) is 19.9 Å². The van der Waals surface area contributed by atoms with Crippen LogP contribution in [0.4, 0.5) is 0 Å². The molecule has 2 aliphatic heterocycles. The Kier molecular flexibility index (Phi) is 5.08. The average Bonchev–Trinajstić information content (AvgIpc) is 3.57. The summed E-state index contributed by atoms with van der Waals surface area (Å²) in [5.41, 5.74) is 6.12. The molecule has 0 N–H and O–H groups in total. The van der Waals surface area contributed by atoms with Crippen LogP contribution in [0.15, 0.2) is 53.8 Å². The zero-order chi connectivity index (χ0) is 23.2. The monoisotopic (exact) mass is 476 g/mol. The molecule has 0 bridgehead atoms. The van der Waals surface area contributed by atoms with Gasteiger partial charge in [-0.1, -0.05) is 28.9 Å². The van der Waals surface area contributed by atoms with E-state index in [1.807, 2.05) is 47.1 Å². The quantitative estimate of drug-likeness (QED) is 0.384. The van der Waals surface area contributed by atoms with Crippen LogP contribution in [-0.2, 0) is 22.5 Å². The first-order valence-electron chi connectivity index (χ1n) is 10.8. The summed E-state index contributed by atoms with van der Waals surface area (Å²) >= 11 is 6.04.